The third-order valence-corrected chi connectivity index (χ3v) is 6.45. The lowest BCUT2D eigenvalue weighted by atomic mass is 10.1. The average molecular weight is 426 g/mol. The van der Waals surface area contributed by atoms with Gasteiger partial charge in [-0.15, -0.1) is 11.8 Å². The maximum absolute atomic E-state index is 12.4. The molecule has 0 unspecified atom stereocenters. The zero-order chi connectivity index (χ0) is 20.8. The van der Waals surface area contributed by atoms with Gasteiger partial charge in [0.15, 0.2) is 0 Å². The minimum Gasteiger partial charge on any atom is -0.379 e. The second-order valence-electron chi connectivity index (χ2n) is 7.50. The van der Waals surface area contributed by atoms with Crippen molar-refractivity contribution in [2.24, 2.45) is 0 Å². The van der Waals surface area contributed by atoms with E-state index < -0.39 is 0 Å². The van der Waals surface area contributed by atoms with Crippen molar-refractivity contribution in [1.82, 2.24) is 10.2 Å². The van der Waals surface area contributed by atoms with Crippen molar-refractivity contribution < 1.29 is 14.3 Å². The summed E-state index contributed by atoms with van der Waals surface area (Å²) in [4.78, 5) is 30.1. The SMILES string of the molecule is O=C(NCCCN1CCOCC1)c1ccc(CN2C(=O)CSc3ccccc32)cc1. The Morgan fingerprint density at radius 1 is 1.07 bits per heavy atom. The number of nitrogens with one attached hydrogen (secondary N) is 1. The van der Waals surface area contributed by atoms with E-state index in [1.807, 2.05) is 53.4 Å². The number of nitrogens with zero attached hydrogens (tertiary/aromatic N) is 2. The number of anilines is 1. The van der Waals surface area contributed by atoms with Crippen molar-refractivity contribution in [3.8, 4) is 0 Å². The fourth-order valence-corrected chi connectivity index (χ4v) is 4.64. The van der Waals surface area contributed by atoms with Crippen molar-refractivity contribution in [2.75, 3.05) is 50.0 Å². The van der Waals surface area contributed by atoms with Gasteiger partial charge in [-0.05, 0) is 42.8 Å². The Bertz CT molecular complexity index is 882. The van der Waals surface area contributed by atoms with Gasteiger partial charge in [0.25, 0.3) is 5.91 Å². The summed E-state index contributed by atoms with van der Waals surface area (Å²) >= 11 is 1.58. The van der Waals surface area contributed by atoms with Gasteiger partial charge in [-0.2, -0.15) is 0 Å². The van der Waals surface area contributed by atoms with Crippen molar-refractivity contribution in [1.29, 1.82) is 0 Å². The molecule has 2 heterocycles. The summed E-state index contributed by atoms with van der Waals surface area (Å²) in [6.45, 7) is 5.69. The molecule has 2 aliphatic rings. The summed E-state index contributed by atoms with van der Waals surface area (Å²) in [5, 5.41) is 3.00. The zero-order valence-electron chi connectivity index (χ0n) is 17.0. The molecular formula is C23H27N3O3S. The Morgan fingerprint density at radius 2 is 1.83 bits per heavy atom. The van der Waals surface area contributed by atoms with Crippen LogP contribution >= 0.6 is 11.8 Å². The Morgan fingerprint density at radius 3 is 2.63 bits per heavy atom. The highest BCUT2D eigenvalue weighted by atomic mass is 32.2. The zero-order valence-corrected chi connectivity index (χ0v) is 17.8. The number of carbonyl (C=O) groups excluding carboxylic acids is 2. The van der Waals surface area contributed by atoms with Gasteiger partial charge in [-0.25, -0.2) is 0 Å². The molecular weight excluding hydrogens is 398 g/mol. The summed E-state index contributed by atoms with van der Waals surface area (Å²) in [6.07, 6.45) is 0.929. The van der Waals surface area contributed by atoms with Crippen molar-refractivity contribution >= 4 is 29.3 Å². The lowest BCUT2D eigenvalue weighted by molar-refractivity contribution is -0.116. The van der Waals surface area contributed by atoms with E-state index in [0.29, 0.717) is 24.4 Å². The Balaban J connectivity index is 1.28. The summed E-state index contributed by atoms with van der Waals surface area (Å²) in [5.74, 6) is 0.516. The average Bonchev–Trinajstić information content (AvgIpc) is 2.79. The van der Waals surface area contributed by atoms with Gasteiger partial charge in [-0.3, -0.25) is 14.5 Å². The smallest absolute Gasteiger partial charge is 0.251 e. The highest BCUT2D eigenvalue weighted by Gasteiger charge is 2.24. The first kappa shape index (κ1) is 20.9. The molecule has 6 nitrogen and oxygen atoms in total. The van der Waals surface area contributed by atoms with Gasteiger partial charge in [0.2, 0.25) is 5.91 Å². The molecule has 1 fully saturated rings. The number of rotatable bonds is 7. The molecule has 2 aromatic carbocycles. The number of hydrogen-bond donors (Lipinski definition) is 1. The molecule has 7 heteroatoms. The predicted octanol–water partition coefficient (Wildman–Crippen LogP) is 2.78. The van der Waals surface area contributed by atoms with Gasteiger partial charge in [0, 0.05) is 30.1 Å². The number of benzene rings is 2. The normalized spacial score (nSPS) is 16.9. The van der Waals surface area contributed by atoms with E-state index in [1.54, 1.807) is 11.8 Å². The molecule has 30 heavy (non-hydrogen) atoms. The standard InChI is InChI=1S/C23H27N3O3S/c27-22-17-30-21-5-2-1-4-20(21)26(22)16-18-6-8-19(9-7-18)23(28)24-10-3-11-25-12-14-29-15-13-25/h1-2,4-9H,3,10-17H2,(H,24,28). The highest BCUT2D eigenvalue weighted by molar-refractivity contribution is 8.00. The third-order valence-electron chi connectivity index (χ3n) is 5.41. The van der Waals surface area contributed by atoms with Crippen LogP contribution in [0.4, 0.5) is 5.69 Å². The number of carbonyl (C=O) groups is 2. The summed E-state index contributed by atoms with van der Waals surface area (Å²) < 4.78 is 5.35. The fraction of sp³-hybridized carbons (Fsp3) is 0.391. The van der Waals surface area contributed by atoms with E-state index in [2.05, 4.69) is 10.2 Å². The second kappa shape index (κ2) is 10.1. The van der Waals surface area contributed by atoms with Crippen LogP contribution in [0.25, 0.3) is 0 Å². The van der Waals surface area contributed by atoms with E-state index in [9.17, 15) is 9.59 Å². The molecule has 2 aliphatic heterocycles. The van der Waals surface area contributed by atoms with Crippen LogP contribution in [0, 0.1) is 0 Å². The molecule has 1 N–H and O–H groups in total. The largest absolute Gasteiger partial charge is 0.379 e. The Kier molecular flexibility index (Phi) is 7.04. The molecule has 2 aromatic rings. The van der Waals surface area contributed by atoms with Crippen LogP contribution in [0.15, 0.2) is 53.4 Å². The van der Waals surface area contributed by atoms with E-state index in [-0.39, 0.29) is 11.8 Å². The number of morpholine rings is 1. The molecule has 0 atom stereocenters. The van der Waals surface area contributed by atoms with Crippen LogP contribution in [0.3, 0.4) is 0 Å². The van der Waals surface area contributed by atoms with Crippen LogP contribution in [-0.4, -0.2) is 61.9 Å². The number of hydrogen-bond acceptors (Lipinski definition) is 5. The lowest BCUT2D eigenvalue weighted by Gasteiger charge is -2.29. The quantitative estimate of drug-likeness (QED) is 0.692. The third kappa shape index (κ3) is 5.22. The second-order valence-corrected chi connectivity index (χ2v) is 8.51. The maximum atomic E-state index is 12.4. The molecule has 158 valence electrons. The van der Waals surface area contributed by atoms with E-state index in [0.717, 1.165) is 55.4 Å². The minimum atomic E-state index is -0.0562. The Labute approximate surface area is 181 Å². The maximum Gasteiger partial charge on any atom is 0.251 e. The number of ether oxygens (including phenoxy) is 1. The van der Waals surface area contributed by atoms with E-state index in [4.69, 9.17) is 4.74 Å². The first-order valence-electron chi connectivity index (χ1n) is 10.4. The number of fused-ring (bicyclic) bond motifs is 1. The minimum absolute atomic E-state index is 0.0562. The fourth-order valence-electron chi connectivity index (χ4n) is 3.70. The molecule has 0 spiro atoms. The molecule has 4 rings (SSSR count). The number of para-hydroxylation sites is 1. The van der Waals surface area contributed by atoms with Gasteiger partial charge < -0.3 is 15.0 Å². The topological polar surface area (TPSA) is 61.9 Å². The van der Waals surface area contributed by atoms with Crippen LogP contribution < -0.4 is 10.2 Å². The number of thioether (sulfide) groups is 1. The summed E-state index contributed by atoms with van der Waals surface area (Å²) in [6, 6.07) is 15.5. The summed E-state index contributed by atoms with van der Waals surface area (Å²) in [7, 11) is 0. The molecule has 0 bridgehead atoms. The van der Waals surface area contributed by atoms with E-state index in [1.165, 1.54) is 0 Å². The van der Waals surface area contributed by atoms with Crippen LogP contribution in [0.5, 0.6) is 0 Å². The highest BCUT2D eigenvalue weighted by Crippen LogP contribution is 2.35. The first-order valence-corrected chi connectivity index (χ1v) is 11.4. The van der Waals surface area contributed by atoms with Crippen LogP contribution in [-0.2, 0) is 16.1 Å². The molecule has 1 saturated heterocycles. The van der Waals surface area contributed by atoms with Gasteiger partial charge in [0.1, 0.15) is 0 Å². The number of amides is 2. The van der Waals surface area contributed by atoms with Crippen LogP contribution in [0.1, 0.15) is 22.3 Å². The van der Waals surface area contributed by atoms with Gasteiger partial charge >= 0.3 is 0 Å². The molecule has 2 amide bonds. The first-order chi connectivity index (χ1) is 14.7. The molecule has 0 aliphatic carbocycles. The predicted molar refractivity (Wildman–Crippen MR) is 119 cm³/mol. The Hall–Kier alpha value is -2.35. The molecule has 0 aromatic heterocycles. The van der Waals surface area contributed by atoms with Crippen molar-refractivity contribution in [3.63, 3.8) is 0 Å². The van der Waals surface area contributed by atoms with Gasteiger partial charge in [-0.1, -0.05) is 24.3 Å². The molecule has 0 saturated carbocycles. The van der Waals surface area contributed by atoms with Gasteiger partial charge in [0.05, 0.1) is 31.2 Å². The lowest BCUT2D eigenvalue weighted by Crippen LogP contribution is -2.38. The van der Waals surface area contributed by atoms with E-state index >= 15 is 0 Å². The molecule has 0 radical (unpaired) electrons. The van der Waals surface area contributed by atoms with Crippen molar-refractivity contribution in [2.45, 2.75) is 17.9 Å². The van der Waals surface area contributed by atoms with Crippen LogP contribution in [0.2, 0.25) is 0 Å². The summed E-state index contributed by atoms with van der Waals surface area (Å²) in [5.41, 5.74) is 2.61. The van der Waals surface area contributed by atoms with Crippen molar-refractivity contribution in [3.05, 3.63) is 59.7 Å². The monoisotopic (exact) mass is 425 g/mol.